The molecular weight excluding hydrogens is 186 g/mol. The van der Waals surface area contributed by atoms with Crippen molar-refractivity contribution < 1.29 is 5.11 Å². The highest BCUT2D eigenvalue weighted by atomic mass is 16.3. The zero-order chi connectivity index (χ0) is 11.1. The Morgan fingerprint density at radius 2 is 2.20 bits per heavy atom. The average Bonchev–Trinajstić information content (AvgIpc) is 2.18. The molecule has 0 aliphatic heterocycles. The van der Waals surface area contributed by atoms with Crippen molar-refractivity contribution in [3.8, 4) is 0 Å². The van der Waals surface area contributed by atoms with Crippen molar-refractivity contribution in [2.75, 3.05) is 0 Å². The molecule has 1 unspecified atom stereocenters. The maximum Gasteiger partial charge on any atom is 0.0542 e. The summed E-state index contributed by atoms with van der Waals surface area (Å²) in [6.45, 7) is 4.29. The Labute approximate surface area is 92.4 Å². The predicted octanol–water partition coefficient (Wildman–Crippen LogP) is 2.81. The third-order valence-electron chi connectivity index (χ3n) is 2.47. The van der Waals surface area contributed by atoms with Crippen molar-refractivity contribution in [2.24, 2.45) is 5.92 Å². The smallest absolute Gasteiger partial charge is 0.0542 e. The van der Waals surface area contributed by atoms with Crippen LogP contribution >= 0.6 is 0 Å². The van der Waals surface area contributed by atoms with Gasteiger partial charge in [0.15, 0.2) is 0 Å². The summed E-state index contributed by atoms with van der Waals surface area (Å²) in [5.41, 5.74) is 1.26. The maximum absolute atomic E-state index is 9.68. The van der Waals surface area contributed by atoms with Gasteiger partial charge in [-0.25, -0.2) is 0 Å². The lowest BCUT2D eigenvalue weighted by atomic mass is 10.0. The molecule has 1 rings (SSSR count). The average molecular weight is 207 g/mol. The zero-order valence-corrected chi connectivity index (χ0v) is 9.69. The second-order valence-corrected chi connectivity index (χ2v) is 4.54. The molecule has 1 N–H and O–H groups in total. The molecule has 0 amide bonds. The highest BCUT2D eigenvalue weighted by Crippen LogP contribution is 2.11. The molecule has 2 nitrogen and oxygen atoms in total. The van der Waals surface area contributed by atoms with Crippen LogP contribution in [0.25, 0.3) is 0 Å². The van der Waals surface area contributed by atoms with Gasteiger partial charge in [0.2, 0.25) is 0 Å². The number of aryl methyl sites for hydroxylation is 1. The molecule has 0 fully saturated rings. The first-order chi connectivity index (χ1) is 7.18. The van der Waals surface area contributed by atoms with Gasteiger partial charge in [0.1, 0.15) is 0 Å². The van der Waals surface area contributed by atoms with Gasteiger partial charge in [0, 0.05) is 12.4 Å². The summed E-state index contributed by atoms with van der Waals surface area (Å²) in [4.78, 5) is 4.07. The molecule has 0 aliphatic carbocycles. The van der Waals surface area contributed by atoms with Crippen molar-refractivity contribution in [3.63, 3.8) is 0 Å². The van der Waals surface area contributed by atoms with E-state index in [0.29, 0.717) is 5.92 Å². The standard InChI is InChI=1S/C13H21NO/c1-11(2)9-13(15)7-3-5-12-6-4-8-14-10-12/h4,6,8,10-11,13,15H,3,5,7,9H2,1-2H3. The number of hydrogen-bond donors (Lipinski definition) is 1. The van der Waals surface area contributed by atoms with Gasteiger partial charge in [0.05, 0.1) is 6.10 Å². The van der Waals surface area contributed by atoms with Crippen molar-refractivity contribution in [3.05, 3.63) is 30.1 Å². The largest absolute Gasteiger partial charge is 0.393 e. The number of aliphatic hydroxyl groups excluding tert-OH is 1. The molecule has 0 saturated heterocycles. The van der Waals surface area contributed by atoms with Gasteiger partial charge in [-0.15, -0.1) is 0 Å². The summed E-state index contributed by atoms with van der Waals surface area (Å²) in [6, 6.07) is 4.04. The molecule has 0 spiro atoms. The number of aromatic nitrogens is 1. The van der Waals surface area contributed by atoms with Crippen LogP contribution in [0.4, 0.5) is 0 Å². The lowest BCUT2D eigenvalue weighted by molar-refractivity contribution is 0.137. The van der Waals surface area contributed by atoms with Crippen LogP contribution in [0, 0.1) is 5.92 Å². The number of pyridine rings is 1. The summed E-state index contributed by atoms with van der Waals surface area (Å²) in [5, 5.41) is 9.68. The minimum absolute atomic E-state index is 0.137. The highest BCUT2D eigenvalue weighted by molar-refractivity contribution is 5.08. The van der Waals surface area contributed by atoms with E-state index in [9.17, 15) is 5.11 Å². The number of hydrogen-bond acceptors (Lipinski definition) is 2. The van der Waals surface area contributed by atoms with Crippen molar-refractivity contribution >= 4 is 0 Å². The van der Waals surface area contributed by atoms with Gasteiger partial charge in [-0.3, -0.25) is 4.98 Å². The SMILES string of the molecule is CC(C)CC(O)CCCc1cccnc1. The summed E-state index contributed by atoms with van der Waals surface area (Å²) in [6.07, 6.45) is 7.41. The van der Waals surface area contributed by atoms with Gasteiger partial charge in [-0.2, -0.15) is 0 Å². The minimum Gasteiger partial charge on any atom is -0.393 e. The Hall–Kier alpha value is -0.890. The van der Waals surface area contributed by atoms with Crippen molar-refractivity contribution in [2.45, 2.75) is 45.6 Å². The third-order valence-corrected chi connectivity index (χ3v) is 2.47. The first-order valence-corrected chi connectivity index (χ1v) is 5.75. The van der Waals surface area contributed by atoms with E-state index in [1.165, 1.54) is 5.56 Å². The fourth-order valence-corrected chi connectivity index (χ4v) is 1.75. The van der Waals surface area contributed by atoms with Crippen molar-refractivity contribution in [1.29, 1.82) is 0 Å². The first kappa shape index (κ1) is 12.2. The van der Waals surface area contributed by atoms with E-state index in [1.807, 2.05) is 12.3 Å². The molecule has 15 heavy (non-hydrogen) atoms. The van der Waals surface area contributed by atoms with Gasteiger partial charge in [0.25, 0.3) is 0 Å². The normalized spacial score (nSPS) is 13.1. The Bertz CT molecular complexity index is 258. The second kappa shape index (κ2) is 6.57. The van der Waals surface area contributed by atoms with E-state index < -0.39 is 0 Å². The molecule has 84 valence electrons. The molecule has 1 aromatic rings. The van der Waals surface area contributed by atoms with E-state index in [0.717, 1.165) is 25.7 Å². The quantitative estimate of drug-likeness (QED) is 0.778. The van der Waals surface area contributed by atoms with Crippen LogP contribution in [0.3, 0.4) is 0 Å². The second-order valence-electron chi connectivity index (χ2n) is 4.54. The van der Waals surface area contributed by atoms with E-state index in [2.05, 4.69) is 24.9 Å². The monoisotopic (exact) mass is 207 g/mol. The lowest BCUT2D eigenvalue weighted by Crippen LogP contribution is -2.10. The Morgan fingerprint density at radius 3 is 2.80 bits per heavy atom. The molecule has 0 aromatic carbocycles. The van der Waals surface area contributed by atoms with E-state index in [-0.39, 0.29) is 6.10 Å². The number of nitrogens with zero attached hydrogens (tertiary/aromatic N) is 1. The fourth-order valence-electron chi connectivity index (χ4n) is 1.75. The van der Waals surface area contributed by atoms with Crippen LogP contribution < -0.4 is 0 Å². The third kappa shape index (κ3) is 5.53. The summed E-state index contributed by atoms with van der Waals surface area (Å²) in [5.74, 6) is 0.582. The van der Waals surface area contributed by atoms with Crippen LogP contribution in [-0.4, -0.2) is 16.2 Å². The summed E-state index contributed by atoms with van der Waals surface area (Å²) >= 11 is 0. The Balaban J connectivity index is 2.16. The Kier molecular flexibility index (Phi) is 5.33. The van der Waals surface area contributed by atoms with Gasteiger partial charge < -0.3 is 5.11 Å². The molecule has 0 aliphatic rings. The Morgan fingerprint density at radius 1 is 1.40 bits per heavy atom. The fraction of sp³-hybridized carbons (Fsp3) is 0.615. The molecule has 0 saturated carbocycles. The predicted molar refractivity (Wildman–Crippen MR) is 62.6 cm³/mol. The number of aliphatic hydroxyl groups is 1. The first-order valence-electron chi connectivity index (χ1n) is 5.75. The molecule has 2 heteroatoms. The number of rotatable bonds is 6. The van der Waals surface area contributed by atoms with Crippen LogP contribution in [0.2, 0.25) is 0 Å². The molecule has 1 atom stereocenters. The van der Waals surface area contributed by atoms with Crippen LogP contribution in [-0.2, 0) is 6.42 Å². The molecule has 1 aromatic heterocycles. The van der Waals surface area contributed by atoms with Crippen LogP contribution in [0.15, 0.2) is 24.5 Å². The van der Waals surface area contributed by atoms with Gasteiger partial charge in [-0.1, -0.05) is 19.9 Å². The maximum atomic E-state index is 9.68. The van der Waals surface area contributed by atoms with E-state index in [1.54, 1.807) is 6.20 Å². The molecule has 0 bridgehead atoms. The van der Waals surface area contributed by atoms with Crippen LogP contribution in [0.5, 0.6) is 0 Å². The molecular formula is C13H21NO. The van der Waals surface area contributed by atoms with Gasteiger partial charge >= 0.3 is 0 Å². The topological polar surface area (TPSA) is 33.1 Å². The summed E-state index contributed by atoms with van der Waals surface area (Å²) in [7, 11) is 0. The van der Waals surface area contributed by atoms with E-state index >= 15 is 0 Å². The summed E-state index contributed by atoms with van der Waals surface area (Å²) < 4.78 is 0. The van der Waals surface area contributed by atoms with Crippen LogP contribution in [0.1, 0.15) is 38.7 Å². The van der Waals surface area contributed by atoms with Gasteiger partial charge in [-0.05, 0) is 43.2 Å². The molecule has 1 heterocycles. The lowest BCUT2D eigenvalue weighted by Gasteiger charge is -2.12. The van der Waals surface area contributed by atoms with Crippen molar-refractivity contribution in [1.82, 2.24) is 4.98 Å². The molecule has 0 radical (unpaired) electrons. The highest BCUT2D eigenvalue weighted by Gasteiger charge is 2.06. The minimum atomic E-state index is -0.137. The zero-order valence-electron chi connectivity index (χ0n) is 9.69. The van der Waals surface area contributed by atoms with E-state index in [4.69, 9.17) is 0 Å².